The summed E-state index contributed by atoms with van der Waals surface area (Å²) in [5.74, 6) is -0.796. The summed E-state index contributed by atoms with van der Waals surface area (Å²) in [6.07, 6.45) is -1.26. The fourth-order valence-corrected chi connectivity index (χ4v) is 0. The maximum Gasteiger partial charge on any atom is 1.00 e. The van der Waals surface area contributed by atoms with Gasteiger partial charge < -0.3 is 10.8 Å². The molecule has 0 spiro atoms. The van der Waals surface area contributed by atoms with Crippen molar-refractivity contribution >= 4 is 5.91 Å². The van der Waals surface area contributed by atoms with Crippen LogP contribution >= 0.6 is 0 Å². The summed E-state index contributed by atoms with van der Waals surface area (Å²) < 4.78 is 0. The monoisotopic (exact) mass is 95.1 g/mol. The molecule has 7 heavy (non-hydrogen) atoms. The number of hydrogen-bond donors (Lipinski definition) is 1. The summed E-state index contributed by atoms with van der Waals surface area (Å²) in [7, 11) is 0. The third kappa shape index (κ3) is 6.03. The second-order valence-corrected chi connectivity index (χ2v) is 1.04. The quantitative estimate of drug-likeness (QED) is 0.332. The van der Waals surface area contributed by atoms with Crippen LogP contribution in [0.1, 0.15) is 6.92 Å². The van der Waals surface area contributed by atoms with Gasteiger partial charge >= 0.3 is 18.9 Å². The van der Waals surface area contributed by atoms with Gasteiger partial charge in [-0.05, 0) is 6.10 Å². The summed E-state index contributed by atoms with van der Waals surface area (Å²) in [6.45, 7) is 1.21. The molecule has 0 bridgehead atoms. The van der Waals surface area contributed by atoms with Gasteiger partial charge in [0.15, 0.2) is 0 Å². The van der Waals surface area contributed by atoms with Gasteiger partial charge in [0.05, 0.1) is 0 Å². The molecule has 0 aliphatic carbocycles. The van der Waals surface area contributed by atoms with Gasteiger partial charge in [0, 0.05) is 0 Å². The first kappa shape index (κ1) is 10.1. The Morgan fingerprint density at radius 1 is 1.86 bits per heavy atom. The third-order valence-corrected chi connectivity index (χ3v) is 0.401. The molecule has 2 N–H and O–H groups in total. The smallest absolute Gasteiger partial charge is 0.845 e. The number of carbonyl (C=O) groups excluding carboxylic acids is 1. The predicted octanol–water partition coefficient (Wildman–Crippen LogP) is -4.78. The van der Waals surface area contributed by atoms with E-state index in [2.05, 4.69) is 5.73 Å². The Balaban J connectivity index is 0. The second-order valence-electron chi connectivity index (χ2n) is 1.04. The van der Waals surface area contributed by atoms with Crippen molar-refractivity contribution in [1.29, 1.82) is 0 Å². The molecule has 0 aromatic heterocycles. The van der Waals surface area contributed by atoms with E-state index in [4.69, 9.17) is 0 Å². The van der Waals surface area contributed by atoms with E-state index in [1.165, 1.54) is 6.92 Å². The van der Waals surface area contributed by atoms with Crippen molar-refractivity contribution in [2.45, 2.75) is 13.0 Å². The molecule has 0 saturated heterocycles. The zero-order valence-corrected chi connectivity index (χ0v) is 4.47. The van der Waals surface area contributed by atoms with Crippen LogP contribution in [-0.2, 0) is 4.79 Å². The van der Waals surface area contributed by atoms with Crippen LogP contribution in [0.2, 0.25) is 0 Å². The summed E-state index contributed by atoms with van der Waals surface area (Å²) in [5, 5.41) is 9.75. The van der Waals surface area contributed by atoms with Crippen molar-refractivity contribution in [3.8, 4) is 0 Å². The van der Waals surface area contributed by atoms with Gasteiger partial charge in [0.25, 0.3) is 0 Å². The molecular weight excluding hydrogens is 89.0 g/mol. The molecule has 0 heterocycles. The van der Waals surface area contributed by atoms with Gasteiger partial charge in [-0.15, -0.1) is 0 Å². The average molecular weight is 95.0 g/mol. The number of nitrogens with two attached hydrogens (primary N) is 1. The van der Waals surface area contributed by atoms with Crippen molar-refractivity contribution in [3.05, 3.63) is 0 Å². The fraction of sp³-hybridized carbons (Fsp3) is 0.667. The van der Waals surface area contributed by atoms with E-state index in [1.807, 2.05) is 0 Å². The van der Waals surface area contributed by atoms with Crippen molar-refractivity contribution in [1.82, 2.24) is 0 Å². The van der Waals surface area contributed by atoms with Gasteiger partial charge in [-0.1, -0.05) is 6.92 Å². The first-order valence-electron chi connectivity index (χ1n) is 1.59. The summed E-state index contributed by atoms with van der Waals surface area (Å²) in [6, 6.07) is 0. The Hall–Kier alpha value is 0.0274. The number of carbonyl (C=O) groups is 1. The van der Waals surface area contributed by atoms with E-state index < -0.39 is 12.0 Å². The molecular formula is C3H6LiNO2. The van der Waals surface area contributed by atoms with Crippen LogP contribution in [0.15, 0.2) is 0 Å². The minimum absolute atomic E-state index is 0. The number of hydrogen-bond acceptors (Lipinski definition) is 2. The molecule has 3 nitrogen and oxygen atoms in total. The van der Waals surface area contributed by atoms with E-state index >= 15 is 0 Å². The van der Waals surface area contributed by atoms with Crippen LogP contribution in [-0.4, -0.2) is 12.0 Å². The molecule has 36 valence electrons. The van der Waals surface area contributed by atoms with Gasteiger partial charge in [0.2, 0.25) is 5.91 Å². The molecule has 4 heteroatoms. The molecule has 1 atom stereocenters. The van der Waals surface area contributed by atoms with Gasteiger partial charge in [-0.25, -0.2) is 0 Å². The Kier molecular flexibility index (Phi) is 6.05. The van der Waals surface area contributed by atoms with Gasteiger partial charge in [-0.3, -0.25) is 4.79 Å². The molecule has 0 aromatic rings. The number of amides is 1. The molecule has 0 aliphatic rings. The first-order valence-corrected chi connectivity index (χ1v) is 1.59. The minimum Gasteiger partial charge on any atom is -0.845 e. The second kappa shape index (κ2) is 4.19. The molecule has 0 rings (SSSR count). The van der Waals surface area contributed by atoms with E-state index in [0.29, 0.717) is 0 Å². The van der Waals surface area contributed by atoms with Crippen LogP contribution < -0.4 is 29.7 Å². The molecule has 0 aliphatic heterocycles. The molecule has 1 amide bonds. The van der Waals surface area contributed by atoms with Gasteiger partial charge in [0.1, 0.15) is 0 Å². The Morgan fingerprint density at radius 2 is 2.00 bits per heavy atom. The zero-order valence-electron chi connectivity index (χ0n) is 4.47. The van der Waals surface area contributed by atoms with Gasteiger partial charge in [-0.2, -0.15) is 0 Å². The Labute approximate surface area is 54.1 Å². The molecule has 0 saturated carbocycles. The molecule has 0 fully saturated rings. The van der Waals surface area contributed by atoms with Crippen molar-refractivity contribution < 1.29 is 28.8 Å². The van der Waals surface area contributed by atoms with Crippen molar-refractivity contribution in [2.75, 3.05) is 0 Å². The normalized spacial score (nSPS) is 11.7. The Bertz CT molecular complexity index is 64.0. The van der Waals surface area contributed by atoms with Crippen molar-refractivity contribution in [2.24, 2.45) is 5.73 Å². The zero-order chi connectivity index (χ0) is 5.15. The van der Waals surface area contributed by atoms with Crippen LogP contribution in [0.3, 0.4) is 0 Å². The van der Waals surface area contributed by atoms with Crippen LogP contribution in [0, 0.1) is 0 Å². The molecule has 0 aromatic carbocycles. The Morgan fingerprint density at radius 3 is 2.00 bits per heavy atom. The van der Waals surface area contributed by atoms with Crippen LogP contribution in [0.4, 0.5) is 0 Å². The number of primary amides is 1. The summed E-state index contributed by atoms with van der Waals surface area (Å²) in [4.78, 5) is 9.61. The first-order chi connectivity index (χ1) is 2.64. The van der Waals surface area contributed by atoms with E-state index in [9.17, 15) is 9.90 Å². The summed E-state index contributed by atoms with van der Waals surface area (Å²) >= 11 is 0. The van der Waals surface area contributed by atoms with E-state index in [-0.39, 0.29) is 18.9 Å². The van der Waals surface area contributed by atoms with Crippen LogP contribution in [0.25, 0.3) is 0 Å². The summed E-state index contributed by atoms with van der Waals surface area (Å²) in [5.41, 5.74) is 4.48. The third-order valence-electron chi connectivity index (χ3n) is 0.401. The predicted molar refractivity (Wildman–Crippen MR) is 18.7 cm³/mol. The SMILES string of the molecule is CC([O-])C(N)=O.[Li+]. The van der Waals surface area contributed by atoms with Crippen LogP contribution in [0.5, 0.6) is 0 Å². The average Bonchev–Trinajstić information content (AvgIpc) is 1.36. The number of rotatable bonds is 1. The molecule has 0 radical (unpaired) electrons. The maximum atomic E-state index is 9.75. The fourth-order valence-electron chi connectivity index (χ4n) is 0. The molecule has 1 unspecified atom stereocenters. The van der Waals surface area contributed by atoms with E-state index in [1.54, 1.807) is 0 Å². The maximum absolute atomic E-state index is 9.75. The van der Waals surface area contributed by atoms with Crippen molar-refractivity contribution in [3.63, 3.8) is 0 Å². The standard InChI is InChI=1S/C3H6NO2.Li/c1-2(5)3(4)6;/h2H,1H3,(H2,4,6);/q-1;+1. The largest absolute Gasteiger partial charge is 1.00 e. The topological polar surface area (TPSA) is 66.2 Å². The minimum atomic E-state index is -1.26. The van der Waals surface area contributed by atoms with E-state index in [0.717, 1.165) is 0 Å².